The average molecular weight is 328 g/mol. The Bertz CT molecular complexity index is 677. The maximum absolute atomic E-state index is 12.5. The number of nitrogens with zero attached hydrogens (tertiary/aromatic N) is 1. The molecule has 4 heteroatoms. The first kappa shape index (κ1) is 18.4. The largest absolute Gasteiger partial charge is 0.443 e. The molecule has 2 rings (SSSR count). The minimum atomic E-state index is -0.323. The number of aromatic nitrogens is 1. The highest BCUT2D eigenvalue weighted by Crippen LogP contribution is 2.16. The number of unbranched alkanes of at least 4 members (excludes halogenated alkanes) is 1. The van der Waals surface area contributed by atoms with E-state index in [1.54, 1.807) is 6.20 Å². The molecule has 0 radical (unpaired) electrons. The van der Waals surface area contributed by atoms with Crippen LogP contribution in [0.4, 0.5) is 0 Å². The summed E-state index contributed by atoms with van der Waals surface area (Å²) in [5, 5.41) is 4.31. The van der Waals surface area contributed by atoms with Crippen molar-refractivity contribution < 1.29 is 9.53 Å². The van der Waals surface area contributed by atoms with Crippen molar-refractivity contribution in [1.29, 1.82) is 0 Å². The molecule has 24 heavy (non-hydrogen) atoms. The molecule has 130 valence electrons. The first-order valence-corrected chi connectivity index (χ1v) is 8.68. The Kier molecular flexibility index (Phi) is 6.32. The average Bonchev–Trinajstić information content (AvgIpc) is 2.56. The topological polar surface area (TPSA) is 51.2 Å². The van der Waals surface area contributed by atoms with Crippen molar-refractivity contribution in [3.8, 4) is 0 Å². The van der Waals surface area contributed by atoms with Gasteiger partial charge in [-0.1, -0.05) is 52.3 Å². The highest BCUT2D eigenvalue weighted by atomic mass is 16.6. The summed E-state index contributed by atoms with van der Waals surface area (Å²) < 4.78 is 5.69. The number of esters is 1. The van der Waals surface area contributed by atoms with Crippen LogP contribution in [-0.4, -0.2) is 23.7 Å². The molecule has 0 aliphatic heterocycles. The molecule has 1 atom stereocenters. The van der Waals surface area contributed by atoms with Crippen LogP contribution in [-0.2, 0) is 4.74 Å². The number of pyridine rings is 1. The lowest BCUT2D eigenvalue weighted by molar-refractivity contribution is 0.0160. The number of carbonyl (C=O) groups excluding carboxylic acids is 1. The van der Waals surface area contributed by atoms with E-state index < -0.39 is 0 Å². The van der Waals surface area contributed by atoms with Crippen LogP contribution < -0.4 is 5.32 Å². The van der Waals surface area contributed by atoms with Gasteiger partial charge in [-0.2, -0.15) is 0 Å². The lowest BCUT2D eigenvalue weighted by atomic mass is 9.97. The summed E-state index contributed by atoms with van der Waals surface area (Å²) in [5.74, 6) is -0.323. The smallest absolute Gasteiger partial charge is 0.341 e. The van der Waals surface area contributed by atoms with Crippen LogP contribution in [0.25, 0.3) is 10.9 Å². The molecule has 0 aliphatic carbocycles. The van der Waals surface area contributed by atoms with E-state index in [2.05, 4.69) is 38.0 Å². The summed E-state index contributed by atoms with van der Waals surface area (Å²) in [6.07, 6.45) is 4.24. The monoisotopic (exact) mass is 328 g/mol. The van der Waals surface area contributed by atoms with Crippen molar-refractivity contribution in [2.75, 3.05) is 6.54 Å². The van der Waals surface area contributed by atoms with E-state index in [0.717, 1.165) is 36.7 Å². The fraction of sp³-hybridized carbons (Fsp3) is 0.500. The van der Waals surface area contributed by atoms with E-state index in [1.165, 1.54) is 0 Å². The quantitative estimate of drug-likeness (QED) is 0.599. The molecule has 4 nitrogen and oxygen atoms in total. The predicted octanol–water partition coefficient (Wildman–Crippen LogP) is 4.54. The van der Waals surface area contributed by atoms with Crippen LogP contribution in [0.3, 0.4) is 0 Å². The fourth-order valence-corrected chi connectivity index (χ4v) is 2.39. The number of benzene rings is 1. The molecule has 0 aliphatic rings. The molecule has 1 unspecified atom stereocenters. The Morgan fingerprint density at radius 2 is 2.04 bits per heavy atom. The van der Waals surface area contributed by atoms with Crippen molar-refractivity contribution >= 4 is 16.9 Å². The van der Waals surface area contributed by atoms with E-state index in [-0.39, 0.29) is 17.6 Å². The predicted molar refractivity (Wildman–Crippen MR) is 97.9 cm³/mol. The van der Waals surface area contributed by atoms with Crippen LogP contribution in [0.15, 0.2) is 36.5 Å². The molecule has 0 spiro atoms. The van der Waals surface area contributed by atoms with Gasteiger partial charge in [0.1, 0.15) is 0 Å². The van der Waals surface area contributed by atoms with E-state index in [1.807, 2.05) is 30.3 Å². The first-order valence-electron chi connectivity index (χ1n) is 8.68. The Morgan fingerprint density at radius 1 is 1.29 bits per heavy atom. The van der Waals surface area contributed by atoms with Crippen LogP contribution >= 0.6 is 0 Å². The lowest BCUT2D eigenvalue weighted by Gasteiger charge is -2.25. The number of ether oxygens (including phenoxy) is 1. The molecule has 0 saturated heterocycles. The molecular formula is C20H28N2O2. The summed E-state index contributed by atoms with van der Waals surface area (Å²) >= 11 is 0. The molecule has 0 fully saturated rings. The number of carbonyl (C=O) groups is 1. The fourth-order valence-electron chi connectivity index (χ4n) is 2.39. The van der Waals surface area contributed by atoms with Gasteiger partial charge in [-0.05, 0) is 30.4 Å². The third kappa shape index (κ3) is 5.60. The highest BCUT2D eigenvalue weighted by molar-refractivity contribution is 5.93. The van der Waals surface area contributed by atoms with Crippen LogP contribution in [0.1, 0.15) is 57.3 Å². The summed E-state index contributed by atoms with van der Waals surface area (Å²) in [5.41, 5.74) is 1.51. The van der Waals surface area contributed by atoms with Crippen LogP contribution in [0.2, 0.25) is 0 Å². The van der Waals surface area contributed by atoms with Crippen molar-refractivity contribution in [2.45, 2.75) is 53.2 Å². The van der Waals surface area contributed by atoms with Gasteiger partial charge < -0.3 is 4.74 Å². The van der Waals surface area contributed by atoms with E-state index >= 15 is 0 Å². The molecule has 0 bridgehead atoms. The number of fused-ring (bicyclic) bond motifs is 1. The summed E-state index contributed by atoms with van der Waals surface area (Å²) in [7, 11) is 0. The number of hydrogen-bond donors (Lipinski definition) is 1. The second-order valence-corrected chi connectivity index (χ2v) is 7.39. The number of nitrogens with one attached hydrogen (secondary N) is 1. The van der Waals surface area contributed by atoms with Gasteiger partial charge in [0.2, 0.25) is 0 Å². The Labute approximate surface area is 144 Å². The zero-order chi connectivity index (χ0) is 17.6. The second-order valence-electron chi connectivity index (χ2n) is 7.39. The van der Waals surface area contributed by atoms with Crippen LogP contribution in [0, 0.1) is 5.41 Å². The van der Waals surface area contributed by atoms with Crippen molar-refractivity contribution in [1.82, 2.24) is 10.3 Å². The Morgan fingerprint density at radius 3 is 2.75 bits per heavy atom. The summed E-state index contributed by atoms with van der Waals surface area (Å²) in [6, 6.07) is 9.59. The zero-order valence-electron chi connectivity index (χ0n) is 15.1. The molecule has 1 N–H and O–H groups in total. The summed E-state index contributed by atoms with van der Waals surface area (Å²) in [6.45, 7) is 9.41. The maximum Gasteiger partial charge on any atom is 0.341 e. The van der Waals surface area contributed by atoms with E-state index in [9.17, 15) is 4.79 Å². The standard InChI is InChI=1S/C20H28N2O2/c1-5-6-11-18(22-14-20(2,3)4)24-19(23)16-12-15-9-7-8-10-17(15)21-13-16/h7-10,12-13,18,22H,5-6,11,14H2,1-4H3. The third-order valence-corrected chi connectivity index (χ3v) is 3.76. The highest BCUT2D eigenvalue weighted by Gasteiger charge is 2.19. The third-order valence-electron chi connectivity index (χ3n) is 3.76. The molecule has 1 aromatic carbocycles. The van der Waals surface area contributed by atoms with Gasteiger partial charge in [0.05, 0.1) is 11.1 Å². The maximum atomic E-state index is 12.5. The van der Waals surface area contributed by atoms with Gasteiger partial charge >= 0.3 is 5.97 Å². The molecule has 0 amide bonds. The SMILES string of the molecule is CCCCC(NCC(C)(C)C)OC(=O)c1cnc2ccccc2c1. The number of para-hydroxylation sites is 1. The van der Waals surface area contributed by atoms with Gasteiger partial charge in [0.15, 0.2) is 6.23 Å². The molecule has 2 aromatic rings. The van der Waals surface area contributed by atoms with Crippen LogP contribution in [0.5, 0.6) is 0 Å². The second kappa shape index (κ2) is 8.25. The summed E-state index contributed by atoms with van der Waals surface area (Å²) in [4.78, 5) is 16.8. The van der Waals surface area contributed by atoms with Gasteiger partial charge in [-0.15, -0.1) is 0 Å². The Hall–Kier alpha value is -1.94. The van der Waals surface area contributed by atoms with Crippen molar-refractivity contribution in [3.05, 3.63) is 42.1 Å². The van der Waals surface area contributed by atoms with Gasteiger partial charge in [0, 0.05) is 18.1 Å². The van der Waals surface area contributed by atoms with Gasteiger partial charge in [-0.3, -0.25) is 10.3 Å². The lowest BCUT2D eigenvalue weighted by Crippen LogP contribution is -2.39. The zero-order valence-corrected chi connectivity index (χ0v) is 15.1. The van der Waals surface area contributed by atoms with E-state index in [4.69, 9.17) is 4.74 Å². The minimum Gasteiger partial charge on any atom is -0.443 e. The van der Waals surface area contributed by atoms with Crippen molar-refractivity contribution in [2.24, 2.45) is 5.41 Å². The first-order chi connectivity index (χ1) is 11.4. The molecular weight excluding hydrogens is 300 g/mol. The molecule has 1 heterocycles. The van der Waals surface area contributed by atoms with Gasteiger partial charge in [0.25, 0.3) is 0 Å². The number of hydrogen-bond acceptors (Lipinski definition) is 4. The minimum absolute atomic E-state index is 0.140. The van der Waals surface area contributed by atoms with E-state index in [0.29, 0.717) is 5.56 Å². The molecule has 1 aromatic heterocycles. The van der Waals surface area contributed by atoms with Gasteiger partial charge in [-0.25, -0.2) is 4.79 Å². The van der Waals surface area contributed by atoms with Crippen molar-refractivity contribution in [3.63, 3.8) is 0 Å². The number of rotatable bonds is 7. The molecule has 0 saturated carbocycles. The normalized spacial score (nSPS) is 13.0. The Balaban J connectivity index is 2.06.